The third-order valence-electron chi connectivity index (χ3n) is 2.45. The van der Waals surface area contributed by atoms with Crippen molar-refractivity contribution in [2.45, 2.75) is 19.4 Å². The Labute approximate surface area is 103 Å². The molecule has 0 saturated carbocycles. The van der Waals surface area contributed by atoms with E-state index in [2.05, 4.69) is 11.9 Å². The molecule has 1 aromatic carbocycles. The molecule has 0 amide bonds. The quantitative estimate of drug-likeness (QED) is 0.555. The van der Waals surface area contributed by atoms with Crippen molar-refractivity contribution < 1.29 is 9.47 Å². The van der Waals surface area contributed by atoms with Crippen LogP contribution < -0.4 is 14.8 Å². The molecule has 0 aliphatic heterocycles. The molecule has 0 heterocycles. The summed E-state index contributed by atoms with van der Waals surface area (Å²) in [5.74, 6) is 1.63. The maximum Gasteiger partial charge on any atom is 0.165 e. The second kappa shape index (κ2) is 7.74. The minimum Gasteiger partial charge on any atom is -0.493 e. The number of para-hydroxylation sites is 1. The van der Waals surface area contributed by atoms with Crippen LogP contribution in [0.15, 0.2) is 30.9 Å². The zero-order chi connectivity index (χ0) is 12.5. The standard InChI is InChI=1S/C14H21NO2/c1-4-5-6-10-17-14-12(11-15-2)8-7-9-13(14)16-3/h4,7-9,15H,1,5-6,10-11H2,2-3H3. The topological polar surface area (TPSA) is 30.5 Å². The van der Waals surface area contributed by atoms with Gasteiger partial charge in [0.15, 0.2) is 11.5 Å². The van der Waals surface area contributed by atoms with Gasteiger partial charge in [0.1, 0.15) is 0 Å². The summed E-state index contributed by atoms with van der Waals surface area (Å²) < 4.78 is 11.1. The smallest absolute Gasteiger partial charge is 0.165 e. The van der Waals surface area contributed by atoms with E-state index >= 15 is 0 Å². The highest BCUT2D eigenvalue weighted by molar-refractivity contribution is 5.46. The van der Waals surface area contributed by atoms with Gasteiger partial charge < -0.3 is 14.8 Å². The number of nitrogens with one attached hydrogen (secondary N) is 1. The molecule has 0 fully saturated rings. The van der Waals surface area contributed by atoms with Gasteiger partial charge in [0.05, 0.1) is 13.7 Å². The van der Waals surface area contributed by atoms with E-state index in [0.717, 1.165) is 36.4 Å². The van der Waals surface area contributed by atoms with E-state index in [1.54, 1.807) is 7.11 Å². The van der Waals surface area contributed by atoms with E-state index < -0.39 is 0 Å². The Morgan fingerprint density at radius 3 is 2.88 bits per heavy atom. The van der Waals surface area contributed by atoms with Gasteiger partial charge in [-0.1, -0.05) is 18.2 Å². The third-order valence-corrected chi connectivity index (χ3v) is 2.45. The van der Waals surface area contributed by atoms with Gasteiger partial charge in [-0.05, 0) is 26.0 Å². The fourth-order valence-electron chi connectivity index (χ4n) is 1.62. The molecule has 3 heteroatoms. The molecule has 3 nitrogen and oxygen atoms in total. The normalized spacial score (nSPS) is 10.0. The number of benzene rings is 1. The van der Waals surface area contributed by atoms with Crippen LogP contribution in [0.1, 0.15) is 18.4 Å². The first-order valence-electron chi connectivity index (χ1n) is 5.87. The van der Waals surface area contributed by atoms with Crippen molar-refractivity contribution in [1.29, 1.82) is 0 Å². The van der Waals surface area contributed by atoms with Crippen molar-refractivity contribution in [1.82, 2.24) is 5.32 Å². The summed E-state index contributed by atoms with van der Waals surface area (Å²) in [5, 5.41) is 3.13. The molecular formula is C14H21NO2. The van der Waals surface area contributed by atoms with E-state index in [9.17, 15) is 0 Å². The molecule has 1 aromatic rings. The molecule has 94 valence electrons. The molecule has 0 atom stereocenters. The van der Waals surface area contributed by atoms with Crippen LogP contribution in [0.4, 0.5) is 0 Å². The number of hydrogen-bond acceptors (Lipinski definition) is 3. The molecule has 0 spiro atoms. The molecule has 1 N–H and O–H groups in total. The molecule has 0 saturated heterocycles. The molecule has 0 aliphatic carbocycles. The fourth-order valence-corrected chi connectivity index (χ4v) is 1.62. The highest BCUT2D eigenvalue weighted by Crippen LogP contribution is 2.31. The van der Waals surface area contributed by atoms with E-state index in [1.807, 2.05) is 31.3 Å². The lowest BCUT2D eigenvalue weighted by Crippen LogP contribution is -2.09. The second-order valence-electron chi connectivity index (χ2n) is 3.76. The number of allylic oxidation sites excluding steroid dienone is 1. The van der Waals surface area contributed by atoms with Crippen LogP contribution in [0.5, 0.6) is 11.5 Å². The largest absolute Gasteiger partial charge is 0.493 e. The highest BCUT2D eigenvalue weighted by Gasteiger charge is 2.09. The summed E-state index contributed by atoms with van der Waals surface area (Å²) in [5.41, 5.74) is 1.12. The Balaban J connectivity index is 2.73. The van der Waals surface area contributed by atoms with Gasteiger partial charge in [-0.2, -0.15) is 0 Å². The molecule has 0 unspecified atom stereocenters. The summed E-state index contributed by atoms with van der Waals surface area (Å²) in [4.78, 5) is 0. The fraction of sp³-hybridized carbons (Fsp3) is 0.429. The number of rotatable bonds is 8. The van der Waals surface area contributed by atoms with E-state index in [0.29, 0.717) is 6.61 Å². The van der Waals surface area contributed by atoms with Gasteiger partial charge in [0.25, 0.3) is 0 Å². The highest BCUT2D eigenvalue weighted by atomic mass is 16.5. The predicted molar refractivity (Wildman–Crippen MR) is 70.7 cm³/mol. The maximum atomic E-state index is 5.80. The van der Waals surface area contributed by atoms with Gasteiger partial charge in [-0.15, -0.1) is 6.58 Å². The predicted octanol–water partition coefficient (Wildman–Crippen LogP) is 2.76. The van der Waals surface area contributed by atoms with Gasteiger partial charge in [0, 0.05) is 12.1 Å². The Morgan fingerprint density at radius 1 is 1.41 bits per heavy atom. The lowest BCUT2D eigenvalue weighted by Gasteiger charge is -2.14. The third kappa shape index (κ3) is 4.11. The minimum absolute atomic E-state index is 0.684. The molecule has 0 radical (unpaired) electrons. The van der Waals surface area contributed by atoms with Crippen LogP contribution in [-0.2, 0) is 6.54 Å². The van der Waals surface area contributed by atoms with Crippen molar-refractivity contribution in [2.24, 2.45) is 0 Å². The second-order valence-corrected chi connectivity index (χ2v) is 3.76. The van der Waals surface area contributed by atoms with Crippen molar-refractivity contribution in [3.05, 3.63) is 36.4 Å². The number of ether oxygens (including phenoxy) is 2. The zero-order valence-electron chi connectivity index (χ0n) is 10.7. The SMILES string of the molecule is C=CCCCOc1c(CNC)cccc1OC. The number of unbranched alkanes of at least 4 members (excludes halogenated alkanes) is 1. The van der Waals surface area contributed by atoms with Crippen LogP contribution >= 0.6 is 0 Å². The van der Waals surface area contributed by atoms with Crippen molar-refractivity contribution >= 4 is 0 Å². The van der Waals surface area contributed by atoms with Crippen molar-refractivity contribution in [3.8, 4) is 11.5 Å². The molecular weight excluding hydrogens is 214 g/mol. The Morgan fingerprint density at radius 2 is 2.24 bits per heavy atom. The number of hydrogen-bond donors (Lipinski definition) is 1. The lowest BCUT2D eigenvalue weighted by atomic mass is 10.2. The molecule has 1 rings (SSSR count). The summed E-state index contributed by atoms with van der Waals surface area (Å²) in [6, 6.07) is 5.94. The first kappa shape index (κ1) is 13.6. The van der Waals surface area contributed by atoms with Gasteiger partial charge >= 0.3 is 0 Å². The Hall–Kier alpha value is -1.48. The summed E-state index contributed by atoms with van der Waals surface area (Å²) >= 11 is 0. The summed E-state index contributed by atoms with van der Waals surface area (Å²) in [7, 11) is 3.58. The van der Waals surface area contributed by atoms with Crippen molar-refractivity contribution in [3.63, 3.8) is 0 Å². The maximum absolute atomic E-state index is 5.80. The minimum atomic E-state index is 0.684. The van der Waals surface area contributed by atoms with E-state index in [-0.39, 0.29) is 0 Å². The van der Waals surface area contributed by atoms with Crippen LogP contribution in [0.3, 0.4) is 0 Å². The van der Waals surface area contributed by atoms with Crippen LogP contribution in [-0.4, -0.2) is 20.8 Å². The molecule has 0 aromatic heterocycles. The summed E-state index contributed by atoms with van der Waals surface area (Å²) in [6.45, 7) is 5.15. The van der Waals surface area contributed by atoms with E-state index in [1.165, 1.54) is 0 Å². The molecule has 0 bridgehead atoms. The monoisotopic (exact) mass is 235 g/mol. The first-order chi connectivity index (χ1) is 8.33. The van der Waals surface area contributed by atoms with Crippen LogP contribution in [0.25, 0.3) is 0 Å². The van der Waals surface area contributed by atoms with Gasteiger partial charge in [0.2, 0.25) is 0 Å². The average Bonchev–Trinajstić information content (AvgIpc) is 2.36. The van der Waals surface area contributed by atoms with Gasteiger partial charge in [-0.25, -0.2) is 0 Å². The van der Waals surface area contributed by atoms with Crippen molar-refractivity contribution in [2.75, 3.05) is 20.8 Å². The Kier molecular flexibility index (Phi) is 6.18. The van der Waals surface area contributed by atoms with Crippen LogP contribution in [0, 0.1) is 0 Å². The first-order valence-corrected chi connectivity index (χ1v) is 5.87. The lowest BCUT2D eigenvalue weighted by molar-refractivity contribution is 0.287. The molecule has 17 heavy (non-hydrogen) atoms. The van der Waals surface area contributed by atoms with Crippen LogP contribution in [0.2, 0.25) is 0 Å². The molecule has 0 aliphatic rings. The zero-order valence-corrected chi connectivity index (χ0v) is 10.7. The average molecular weight is 235 g/mol. The van der Waals surface area contributed by atoms with Gasteiger partial charge in [-0.3, -0.25) is 0 Å². The van der Waals surface area contributed by atoms with E-state index in [4.69, 9.17) is 9.47 Å². The number of methoxy groups -OCH3 is 1. The Bertz CT molecular complexity index is 350. The summed E-state index contributed by atoms with van der Waals surface area (Å²) in [6.07, 6.45) is 3.84.